The maximum absolute atomic E-state index is 12.0. The summed E-state index contributed by atoms with van der Waals surface area (Å²) in [6.07, 6.45) is 2.42. The molecule has 1 aliphatic rings. The van der Waals surface area contributed by atoms with Crippen molar-refractivity contribution in [2.75, 3.05) is 31.8 Å². The molecule has 2 amide bonds. The molecule has 0 radical (unpaired) electrons. The second kappa shape index (κ2) is 7.48. The molecule has 7 heteroatoms. The number of nitrogens with zero attached hydrogens (tertiary/aromatic N) is 2. The van der Waals surface area contributed by atoms with Gasteiger partial charge in [-0.2, -0.15) is 0 Å². The molecule has 1 fully saturated rings. The van der Waals surface area contributed by atoms with Gasteiger partial charge in [0.1, 0.15) is 6.04 Å². The summed E-state index contributed by atoms with van der Waals surface area (Å²) >= 11 is 1.46. The summed E-state index contributed by atoms with van der Waals surface area (Å²) in [5, 5.41) is 17.7. The minimum Gasteiger partial charge on any atom is -0.480 e. The lowest BCUT2D eigenvalue weighted by Gasteiger charge is -2.26. The molecule has 18 heavy (non-hydrogen) atoms. The number of carbonyl (C=O) groups is 2. The molecule has 1 aliphatic heterocycles. The van der Waals surface area contributed by atoms with Crippen LogP contribution in [-0.2, 0) is 4.79 Å². The van der Waals surface area contributed by atoms with Gasteiger partial charge in [0.2, 0.25) is 0 Å². The molecule has 6 nitrogen and oxygen atoms in total. The van der Waals surface area contributed by atoms with Crippen LogP contribution in [0.5, 0.6) is 0 Å². The molecule has 0 aromatic rings. The molecule has 1 atom stereocenters. The largest absolute Gasteiger partial charge is 0.480 e. The number of rotatable bonds is 6. The number of hydrogen-bond donors (Lipinski definition) is 2. The minimum absolute atomic E-state index is 0.168. The molecule has 2 N–H and O–H groups in total. The normalized spacial score (nSPS) is 19.0. The number of hydrogen-bond acceptors (Lipinski definition) is 4. The maximum atomic E-state index is 12.0. The van der Waals surface area contributed by atoms with Gasteiger partial charge in [-0.3, -0.25) is 0 Å². The van der Waals surface area contributed by atoms with E-state index >= 15 is 0 Å². The third-order valence-electron chi connectivity index (χ3n) is 2.89. The smallest absolute Gasteiger partial charge is 0.327 e. The number of aliphatic carboxylic acids is 1. The Kier molecular flexibility index (Phi) is 6.28. The molecule has 0 saturated carbocycles. The number of aliphatic hydroxyl groups excluding tert-OH is 1. The van der Waals surface area contributed by atoms with Crippen molar-refractivity contribution in [3.05, 3.63) is 0 Å². The summed E-state index contributed by atoms with van der Waals surface area (Å²) in [7, 11) is 1.68. The summed E-state index contributed by atoms with van der Waals surface area (Å²) in [5.74, 6) is -0.0436. The zero-order valence-corrected chi connectivity index (χ0v) is 11.4. The molecule has 0 aromatic carbocycles. The molecule has 1 heterocycles. The molecule has 104 valence electrons. The fourth-order valence-corrected chi connectivity index (χ4v) is 2.93. The van der Waals surface area contributed by atoms with Gasteiger partial charge in [-0.1, -0.05) is 0 Å². The number of aliphatic hydroxyl groups is 1. The molecule has 0 bridgehead atoms. The van der Waals surface area contributed by atoms with E-state index in [4.69, 9.17) is 10.2 Å². The Morgan fingerprint density at radius 3 is 2.72 bits per heavy atom. The van der Waals surface area contributed by atoms with Crippen LogP contribution < -0.4 is 0 Å². The van der Waals surface area contributed by atoms with Crippen molar-refractivity contribution in [3.8, 4) is 0 Å². The van der Waals surface area contributed by atoms with Crippen molar-refractivity contribution < 1.29 is 19.8 Å². The first-order valence-electron chi connectivity index (χ1n) is 6.01. The lowest BCUT2D eigenvalue weighted by molar-refractivity contribution is -0.140. The number of carboxylic acid groups (broad SMARTS) is 1. The number of unbranched alkanes of at least 4 members (excludes halogenated alkanes) is 2. The predicted molar refractivity (Wildman–Crippen MR) is 69.6 cm³/mol. The van der Waals surface area contributed by atoms with Crippen LogP contribution in [0.25, 0.3) is 0 Å². The Hall–Kier alpha value is -0.950. The molecule has 1 rings (SSSR count). The van der Waals surface area contributed by atoms with E-state index in [1.807, 2.05) is 0 Å². The van der Waals surface area contributed by atoms with Crippen molar-refractivity contribution in [1.29, 1.82) is 0 Å². The molecule has 0 spiro atoms. The highest BCUT2D eigenvalue weighted by Gasteiger charge is 2.35. The lowest BCUT2D eigenvalue weighted by atomic mass is 10.2. The number of carboxylic acids is 1. The van der Waals surface area contributed by atoms with E-state index < -0.39 is 12.0 Å². The van der Waals surface area contributed by atoms with Crippen LogP contribution in [0.2, 0.25) is 0 Å². The highest BCUT2D eigenvalue weighted by molar-refractivity contribution is 7.99. The van der Waals surface area contributed by atoms with Crippen molar-refractivity contribution in [2.45, 2.75) is 25.3 Å². The van der Waals surface area contributed by atoms with Gasteiger partial charge in [-0.15, -0.1) is 11.8 Å². The van der Waals surface area contributed by atoms with Gasteiger partial charge in [0, 0.05) is 26.0 Å². The Labute approximate surface area is 111 Å². The maximum Gasteiger partial charge on any atom is 0.327 e. The Bertz CT molecular complexity index is 301. The Morgan fingerprint density at radius 1 is 1.39 bits per heavy atom. The summed E-state index contributed by atoms with van der Waals surface area (Å²) in [5.41, 5.74) is 0. The van der Waals surface area contributed by atoms with Crippen LogP contribution in [-0.4, -0.2) is 69.9 Å². The highest BCUT2D eigenvalue weighted by Crippen LogP contribution is 2.22. The quantitative estimate of drug-likeness (QED) is 0.697. The number of amides is 2. The summed E-state index contributed by atoms with van der Waals surface area (Å²) in [4.78, 5) is 26.0. The van der Waals surface area contributed by atoms with Crippen LogP contribution in [0, 0.1) is 0 Å². The molecular formula is C11H20N2O4S. The minimum atomic E-state index is -0.943. The first-order chi connectivity index (χ1) is 8.57. The number of urea groups is 1. The van der Waals surface area contributed by atoms with E-state index in [-0.39, 0.29) is 12.6 Å². The van der Waals surface area contributed by atoms with Gasteiger partial charge in [0.15, 0.2) is 0 Å². The topological polar surface area (TPSA) is 81.1 Å². The van der Waals surface area contributed by atoms with Crippen molar-refractivity contribution in [2.24, 2.45) is 0 Å². The van der Waals surface area contributed by atoms with Gasteiger partial charge in [-0.05, 0) is 19.3 Å². The SMILES string of the molecule is CN(CCCCCO)C(=O)N1CSCC1C(=O)O. The summed E-state index contributed by atoms with van der Waals surface area (Å²) < 4.78 is 0. The number of thioether (sulfide) groups is 1. The van der Waals surface area contributed by atoms with E-state index in [0.717, 1.165) is 19.3 Å². The average molecular weight is 276 g/mol. The number of carbonyl (C=O) groups excluding carboxylic acids is 1. The third-order valence-corrected chi connectivity index (χ3v) is 3.90. The predicted octanol–water partition coefficient (Wildman–Crippen LogP) is 0.660. The summed E-state index contributed by atoms with van der Waals surface area (Å²) in [6.45, 7) is 0.758. The van der Waals surface area contributed by atoms with Crippen LogP contribution in [0.1, 0.15) is 19.3 Å². The average Bonchev–Trinajstić information content (AvgIpc) is 2.82. The van der Waals surface area contributed by atoms with Gasteiger partial charge in [-0.25, -0.2) is 9.59 Å². The summed E-state index contributed by atoms with van der Waals surface area (Å²) in [6, 6.07) is -0.932. The second-order valence-electron chi connectivity index (χ2n) is 4.31. The van der Waals surface area contributed by atoms with Gasteiger partial charge in [0.25, 0.3) is 0 Å². The van der Waals surface area contributed by atoms with Crippen molar-refractivity contribution in [1.82, 2.24) is 9.80 Å². The first-order valence-corrected chi connectivity index (χ1v) is 7.16. The standard InChI is InChI=1S/C11H20N2O4S/c1-12(5-3-2-4-6-14)11(17)13-8-18-7-9(13)10(15)16/h9,14H,2-8H2,1H3,(H,15,16). The van der Waals surface area contributed by atoms with Gasteiger partial charge >= 0.3 is 12.0 Å². The second-order valence-corrected chi connectivity index (χ2v) is 5.31. The van der Waals surface area contributed by atoms with Crippen LogP contribution in [0.4, 0.5) is 4.79 Å². The first kappa shape index (κ1) is 15.1. The fourth-order valence-electron chi connectivity index (χ4n) is 1.79. The van der Waals surface area contributed by atoms with Gasteiger partial charge in [0.05, 0.1) is 5.88 Å². The van der Waals surface area contributed by atoms with Crippen LogP contribution in [0.15, 0.2) is 0 Å². The fraction of sp³-hybridized carbons (Fsp3) is 0.818. The van der Waals surface area contributed by atoms with E-state index in [2.05, 4.69) is 0 Å². The molecule has 0 aromatic heterocycles. The molecule has 1 saturated heterocycles. The zero-order chi connectivity index (χ0) is 13.5. The van der Waals surface area contributed by atoms with E-state index in [1.165, 1.54) is 16.7 Å². The molecular weight excluding hydrogens is 256 g/mol. The van der Waals surface area contributed by atoms with E-state index in [1.54, 1.807) is 11.9 Å². The molecule has 1 unspecified atom stereocenters. The highest BCUT2D eigenvalue weighted by atomic mass is 32.2. The lowest BCUT2D eigenvalue weighted by Crippen LogP contribution is -2.47. The third kappa shape index (κ3) is 4.06. The van der Waals surface area contributed by atoms with Crippen molar-refractivity contribution in [3.63, 3.8) is 0 Å². The zero-order valence-electron chi connectivity index (χ0n) is 10.5. The van der Waals surface area contributed by atoms with Crippen molar-refractivity contribution >= 4 is 23.8 Å². The monoisotopic (exact) mass is 276 g/mol. The molecule has 0 aliphatic carbocycles. The Balaban J connectivity index is 2.40. The van der Waals surface area contributed by atoms with E-state index in [0.29, 0.717) is 18.2 Å². The Morgan fingerprint density at radius 2 is 2.11 bits per heavy atom. The van der Waals surface area contributed by atoms with E-state index in [9.17, 15) is 9.59 Å². The van der Waals surface area contributed by atoms with Gasteiger partial charge < -0.3 is 20.0 Å². The van der Waals surface area contributed by atoms with Crippen LogP contribution >= 0.6 is 11.8 Å². The van der Waals surface area contributed by atoms with Crippen LogP contribution in [0.3, 0.4) is 0 Å².